The van der Waals surface area contributed by atoms with E-state index < -0.39 is 0 Å². The van der Waals surface area contributed by atoms with E-state index in [4.69, 9.17) is 22.7 Å². The van der Waals surface area contributed by atoms with Crippen LogP contribution in [0.25, 0.3) is 0 Å². The van der Waals surface area contributed by atoms with Gasteiger partial charge in [-0.05, 0) is 46.1 Å². The predicted octanol–water partition coefficient (Wildman–Crippen LogP) is 2.80. The standard InChI is InChI=1S/C13H19BrN2OS/c1-13(2,16(3)4)8-17-11-7-9(14)5-6-10(11)12(15)18/h5-7H,8H2,1-4H3,(H2,15,18). The van der Waals surface area contributed by atoms with Gasteiger partial charge in [-0.3, -0.25) is 0 Å². The molecule has 0 saturated carbocycles. The van der Waals surface area contributed by atoms with Crippen LogP contribution in [-0.2, 0) is 0 Å². The van der Waals surface area contributed by atoms with E-state index in [0.717, 1.165) is 10.0 Å². The van der Waals surface area contributed by atoms with E-state index in [0.29, 0.717) is 17.3 Å². The number of hydrogen-bond acceptors (Lipinski definition) is 3. The van der Waals surface area contributed by atoms with Crippen molar-refractivity contribution in [1.82, 2.24) is 4.90 Å². The van der Waals surface area contributed by atoms with Crippen molar-refractivity contribution in [3.63, 3.8) is 0 Å². The van der Waals surface area contributed by atoms with Crippen molar-refractivity contribution >= 4 is 33.1 Å². The molecule has 18 heavy (non-hydrogen) atoms. The van der Waals surface area contributed by atoms with Crippen molar-refractivity contribution in [2.24, 2.45) is 5.73 Å². The van der Waals surface area contributed by atoms with E-state index in [1.165, 1.54) is 0 Å². The molecule has 0 aliphatic carbocycles. The number of ether oxygens (including phenoxy) is 1. The highest BCUT2D eigenvalue weighted by Gasteiger charge is 2.22. The Morgan fingerprint density at radius 1 is 1.44 bits per heavy atom. The second-order valence-electron chi connectivity index (χ2n) is 5.00. The van der Waals surface area contributed by atoms with Crippen LogP contribution in [0.4, 0.5) is 0 Å². The Morgan fingerprint density at radius 2 is 2.06 bits per heavy atom. The van der Waals surface area contributed by atoms with Gasteiger partial charge in [-0.2, -0.15) is 0 Å². The molecule has 100 valence electrons. The first-order valence-electron chi connectivity index (χ1n) is 5.63. The van der Waals surface area contributed by atoms with Gasteiger partial charge < -0.3 is 15.4 Å². The Balaban J connectivity index is 2.90. The summed E-state index contributed by atoms with van der Waals surface area (Å²) in [4.78, 5) is 2.46. The van der Waals surface area contributed by atoms with Gasteiger partial charge in [0.25, 0.3) is 0 Å². The zero-order chi connectivity index (χ0) is 13.9. The lowest BCUT2D eigenvalue weighted by Gasteiger charge is -2.32. The summed E-state index contributed by atoms with van der Waals surface area (Å²) in [7, 11) is 4.05. The number of benzene rings is 1. The molecule has 2 N–H and O–H groups in total. The molecule has 0 aromatic heterocycles. The Labute approximate surface area is 122 Å². The van der Waals surface area contributed by atoms with Crippen LogP contribution in [-0.4, -0.2) is 36.1 Å². The molecule has 0 bridgehead atoms. The number of thiocarbonyl (C=S) groups is 1. The second-order valence-corrected chi connectivity index (χ2v) is 6.36. The highest BCUT2D eigenvalue weighted by Crippen LogP contribution is 2.25. The fraction of sp³-hybridized carbons (Fsp3) is 0.462. The predicted molar refractivity (Wildman–Crippen MR) is 83.3 cm³/mol. The maximum Gasteiger partial charge on any atom is 0.130 e. The third-order valence-corrected chi connectivity index (χ3v) is 3.71. The minimum Gasteiger partial charge on any atom is -0.491 e. The lowest BCUT2D eigenvalue weighted by molar-refractivity contribution is 0.114. The fourth-order valence-corrected chi connectivity index (χ4v) is 1.71. The summed E-state index contributed by atoms with van der Waals surface area (Å²) >= 11 is 8.44. The molecule has 0 amide bonds. The maximum atomic E-state index is 5.87. The summed E-state index contributed by atoms with van der Waals surface area (Å²) in [6.07, 6.45) is 0. The number of hydrogen-bond donors (Lipinski definition) is 1. The van der Waals surface area contributed by atoms with Crippen LogP contribution in [0.2, 0.25) is 0 Å². The topological polar surface area (TPSA) is 38.5 Å². The van der Waals surface area contributed by atoms with Gasteiger partial charge in [-0.1, -0.05) is 28.1 Å². The monoisotopic (exact) mass is 330 g/mol. The Bertz CT molecular complexity index is 447. The van der Waals surface area contributed by atoms with E-state index in [1.54, 1.807) is 0 Å². The molecule has 0 heterocycles. The molecule has 5 heteroatoms. The molecule has 0 atom stereocenters. The first-order chi connectivity index (χ1) is 8.24. The van der Waals surface area contributed by atoms with Crippen molar-refractivity contribution in [3.05, 3.63) is 28.2 Å². The van der Waals surface area contributed by atoms with Crippen molar-refractivity contribution in [2.75, 3.05) is 20.7 Å². The summed E-state index contributed by atoms with van der Waals surface area (Å²) in [6, 6.07) is 5.66. The molecule has 0 unspecified atom stereocenters. The Kier molecular flexibility index (Phi) is 5.13. The van der Waals surface area contributed by atoms with Gasteiger partial charge in [0, 0.05) is 10.0 Å². The molecule has 0 saturated heterocycles. The second kappa shape index (κ2) is 5.99. The zero-order valence-electron chi connectivity index (χ0n) is 11.2. The first-order valence-corrected chi connectivity index (χ1v) is 6.84. The first kappa shape index (κ1) is 15.4. The van der Waals surface area contributed by atoms with Gasteiger partial charge in [-0.25, -0.2) is 0 Å². The average molecular weight is 331 g/mol. The number of nitrogens with zero attached hydrogens (tertiary/aromatic N) is 1. The van der Waals surface area contributed by atoms with Crippen LogP contribution in [0.15, 0.2) is 22.7 Å². The van der Waals surface area contributed by atoms with Crippen LogP contribution in [0.1, 0.15) is 19.4 Å². The largest absolute Gasteiger partial charge is 0.491 e. The Hall–Kier alpha value is -0.650. The molecule has 1 rings (SSSR count). The molecule has 0 spiro atoms. The van der Waals surface area contributed by atoms with Gasteiger partial charge in [0.2, 0.25) is 0 Å². The highest BCUT2D eigenvalue weighted by molar-refractivity contribution is 9.10. The quantitative estimate of drug-likeness (QED) is 0.842. The lowest BCUT2D eigenvalue weighted by atomic mass is 10.1. The number of rotatable bonds is 5. The summed E-state index contributed by atoms with van der Waals surface area (Å²) < 4.78 is 6.81. The van der Waals surface area contributed by atoms with Crippen LogP contribution in [0, 0.1) is 0 Å². The maximum absolute atomic E-state index is 5.87. The number of nitrogens with two attached hydrogens (primary N) is 1. The minimum absolute atomic E-state index is 0.0597. The van der Waals surface area contributed by atoms with Gasteiger partial charge in [0.05, 0.1) is 5.56 Å². The molecular formula is C13H19BrN2OS. The SMILES string of the molecule is CN(C)C(C)(C)COc1cc(Br)ccc1C(N)=S. The fourth-order valence-electron chi connectivity index (χ4n) is 1.20. The van der Waals surface area contributed by atoms with Crippen LogP contribution in [0.5, 0.6) is 5.75 Å². The third kappa shape index (κ3) is 3.93. The Morgan fingerprint density at radius 3 is 2.56 bits per heavy atom. The molecule has 0 radical (unpaired) electrons. The number of likely N-dealkylation sites (N-methyl/N-ethyl adjacent to an activating group) is 1. The van der Waals surface area contributed by atoms with Crippen molar-refractivity contribution in [3.8, 4) is 5.75 Å². The molecule has 1 aromatic carbocycles. The van der Waals surface area contributed by atoms with E-state index in [2.05, 4.69) is 34.7 Å². The smallest absolute Gasteiger partial charge is 0.130 e. The summed E-state index contributed by atoms with van der Waals surface area (Å²) in [5, 5.41) is 0. The van der Waals surface area contributed by atoms with Crippen molar-refractivity contribution < 1.29 is 4.74 Å². The number of halogens is 1. The summed E-state index contributed by atoms with van der Waals surface area (Å²) in [6.45, 7) is 4.79. The van der Waals surface area contributed by atoms with Crippen molar-refractivity contribution in [1.29, 1.82) is 0 Å². The van der Waals surface area contributed by atoms with E-state index in [-0.39, 0.29) is 5.54 Å². The van der Waals surface area contributed by atoms with E-state index >= 15 is 0 Å². The molecular weight excluding hydrogens is 312 g/mol. The van der Waals surface area contributed by atoms with Gasteiger partial charge in [-0.15, -0.1) is 0 Å². The van der Waals surface area contributed by atoms with E-state index in [1.807, 2.05) is 32.3 Å². The lowest BCUT2D eigenvalue weighted by Crippen LogP contribution is -2.43. The van der Waals surface area contributed by atoms with Gasteiger partial charge >= 0.3 is 0 Å². The van der Waals surface area contributed by atoms with Gasteiger partial charge in [0.15, 0.2) is 0 Å². The zero-order valence-corrected chi connectivity index (χ0v) is 13.6. The van der Waals surface area contributed by atoms with E-state index in [9.17, 15) is 0 Å². The summed E-state index contributed by atoms with van der Waals surface area (Å²) in [5.41, 5.74) is 6.40. The molecule has 0 aliphatic heterocycles. The summed E-state index contributed by atoms with van der Waals surface area (Å²) in [5.74, 6) is 0.715. The minimum atomic E-state index is -0.0597. The molecule has 0 fully saturated rings. The molecule has 1 aromatic rings. The van der Waals surface area contributed by atoms with Crippen LogP contribution < -0.4 is 10.5 Å². The third-order valence-electron chi connectivity index (χ3n) is 3.00. The molecule has 3 nitrogen and oxygen atoms in total. The highest BCUT2D eigenvalue weighted by atomic mass is 79.9. The molecule has 0 aliphatic rings. The normalized spacial score (nSPS) is 11.7. The van der Waals surface area contributed by atoms with Crippen LogP contribution in [0.3, 0.4) is 0 Å². The van der Waals surface area contributed by atoms with Crippen molar-refractivity contribution in [2.45, 2.75) is 19.4 Å². The average Bonchev–Trinajstić information content (AvgIpc) is 2.26. The van der Waals surface area contributed by atoms with Crippen LogP contribution >= 0.6 is 28.1 Å². The van der Waals surface area contributed by atoms with Gasteiger partial charge in [0.1, 0.15) is 17.3 Å².